The van der Waals surface area contributed by atoms with Crippen molar-refractivity contribution < 1.29 is 20.1 Å². The molecular weight excluding hydrogens is 785 g/mol. The Labute approximate surface area is 298 Å². The molecule has 239 valence electrons. The third kappa shape index (κ3) is 8.05. The maximum absolute atomic E-state index is 4.69. The number of aryl methyl sites for hydroxylation is 1. The van der Waals surface area contributed by atoms with Crippen molar-refractivity contribution in [3.05, 3.63) is 139 Å². The molecule has 0 saturated carbocycles. The number of aromatic nitrogens is 2. The molecule has 0 aliphatic rings. The summed E-state index contributed by atoms with van der Waals surface area (Å²) in [6.07, 6.45) is 5.11. The number of benzene rings is 4. The van der Waals surface area contributed by atoms with Crippen LogP contribution in [0.2, 0.25) is 19.6 Å². The fourth-order valence-corrected chi connectivity index (χ4v) is 8.67. The number of fused-ring (bicyclic) bond motifs is 3. The van der Waals surface area contributed by atoms with E-state index in [1.54, 1.807) is 0 Å². The second-order valence-electron chi connectivity index (χ2n) is 13.3. The van der Waals surface area contributed by atoms with E-state index in [2.05, 4.69) is 142 Å². The Morgan fingerprint density at radius 3 is 2.23 bits per heavy atom. The van der Waals surface area contributed by atoms with E-state index in [0.29, 0.717) is 5.92 Å². The van der Waals surface area contributed by atoms with Crippen molar-refractivity contribution in [2.75, 3.05) is 0 Å². The maximum atomic E-state index is 4.69. The molecule has 7 aromatic rings. The molecule has 5 heteroatoms. The van der Waals surface area contributed by atoms with Gasteiger partial charge in [0, 0.05) is 37.2 Å². The summed E-state index contributed by atoms with van der Waals surface area (Å²) < 4.78 is 2.55. The summed E-state index contributed by atoms with van der Waals surface area (Å²) in [4.78, 5) is 9.26. The fraction of sp³-hybridized carbons (Fsp3) is 0.190. The molecule has 0 spiro atoms. The molecule has 0 bridgehead atoms. The van der Waals surface area contributed by atoms with Crippen LogP contribution < -0.4 is 5.19 Å². The van der Waals surface area contributed by atoms with Crippen molar-refractivity contribution in [2.24, 2.45) is 5.92 Å². The van der Waals surface area contributed by atoms with Crippen LogP contribution in [-0.4, -0.2) is 18.0 Å². The molecule has 3 aromatic heterocycles. The Morgan fingerprint density at radius 1 is 0.745 bits per heavy atom. The molecule has 47 heavy (non-hydrogen) atoms. The van der Waals surface area contributed by atoms with Crippen LogP contribution in [0.5, 0.6) is 0 Å². The molecule has 0 amide bonds. The SMILES string of the molecule is CC(C)Cc1cc(-c2[c-]cccc2)ncc1[Si](C)(C)C.Cc1ccnc(-c2[c-]ccc3c2sc2ccc(-c4ccccc4)cc23)c1.[Ir]. The first-order valence-electron chi connectivity index (χ1n) is 16.0. The minimum Gasteiger partial charge on any atom is -0.305 e. The molecule has 0 aliphatic carbocycles. The molecular formula is C42H40IrN2SSi-2. The summed E-state index contributed by atoms with van der Waals surface area (Å²) in [5.41, 5.74) is 9.40. The van der Waals surface area contributed by atoms with Crippen LogP contribution in [0.1, 0.15) is 25.0 Å². The first-order valence-corrected chi connectivity index (χ1v) is 20.3. The van der Waals surface area contributed by atoms with Crippen molar-refractivity contribution >= 4 is 44.8 Å². The van der Waals surface area contributed by atoms with Gasteiger partial charge in [0.2, 0.25) is 0 Å². The van der Waals surface area contributed by atoms with Gasteiger partial charge in [-0.05, 0) is 75.2 Å². The molecule has 0 atom stereocenters. The van der Waals surface area contributed by atoms with Crippen LogP contribution in [0, 0.1) is 25.0 Å². The van der Waals surface area contributed by atoms with Crippen LogP contribution >= 0.6 is 11.3 Å². The minimum absolute atomic E-state index is 0. The van der Waals surface area contributed by atoms with E-state index in [9.17, 15) is 0 Å². The Balaban J connectivity index is 0.000000188. The van der Waals surface area contributed by atoms with Crippen LogP contribution in [0.25, 0.3) is 53.8 Å². The summed E-state index contributed by atoms with van der Waals surface area (Å²) >= 11 is 1.82. The third-order valence-corrected chi connectivity index (χ3v) is 11.4. The van der Waals surface area contributed by atoms with Gasteiger partial charge in [-0.25, -0.2) is 0 Å². The largest absolute Gasteiger partial charge is 0.305 e. The van der Waals surface area contributed by atoms with Gasteiger partial charge in [-0.15, -0.1) is 59.7 Å². The molecule has 0 aliphatic heterocycles. The first-order chi connectivity index (χ1) is 22.2. The summed E-state index contributed by atoms with van der Waals surface area (Å²) in [5.74, 6) is 0.667. The molecule has 0 N–H and O–H groups in total. The predicted octanol–water partition coefficient (Wildman–Crippen LogP) is 11.2. The smallest absolute Gasteiger partial charge is 0.0798 e. The molecule has 3 heterocycles. The zero-order valence-corrected chi connectivity index (χ0v) is 32.1. The third-order valence-electron chi connectivity index (χ3n) is 8.12. The summed E-state index contributed by atoms with van der Waals surface area (Å²) in [5, 5.41) is 4.07. The Hall–Kier alpha value is -3.73. The van der Waals surface area contributed by atoms with E-state index in [1.807, 2.05) is 47.9 Å². The van der Waals surface area contributed by atoms with Crippen LogP contribution in [0.15, 0.2) is 116 Å². The van der Waals surface area contributed by atoms with Gasteiger partial charge in [-0.1, -0.05) is 98.5 Å². The van der Waals surface area contributed by atoms with Gasteiger partial charge in [0.05, 0.1) is 8.07 Å². The van der Waals surface area contributed by atoms with E-state index in [-0.39, 0.29) is 20.1 Å². The second kappa shape index (κ2) is 15.0. The van der Waals surface area contributed by atoms with Crippen molar-refractivity contribution in [2.45, 2.75) is 46.8 Å². The minimum atomic E-state index is -1.34. The predicted molar refractivity (Wildman–Crippen MR) is 202 cm³/mol. The average molecular weight is 825 g/mol. The zero-order chi connectivity index (χ0) is 32.3. The Morgan fingerprint density at radius 2 is 1.53 bits per heavy atom. The molecule has 0 fully saturated rings. The molecule has 7 rings (SSSR count). The van der Waals surface area contributed by atoms with E-state index >= 15 is 0 Å². The van der Waals surface area contributed by atoms with Gasteiger partial charge in [-0.2, -0.15) is 11.3 Å². The summed E-state index contributed by atoms with van der Waals surface area (Å²) in [6.45, 7) is 13.8. The van der Waals surface area contributed by atoms with Gasteiger partial charge in [0.25, 0.3) is 0 Å². The van der Waals surface area contributed by atoms with Crippen molar-refractivity contribution in [3.8, 4) is 33.6 Å². The summed E-state index contributed by atoms with van der Waals surface area (Å²) in [6, 6.07) is 42.7. The van der Waals surface area contributed by atoms with Crippen LogP contribution in [0.4, 0.5) is 0 Å². The van der Waals surface area contributed by atoms with Crippen LogP contribution in [0.3, 0.4) is 0 Å². The van der Waals surface area contributed by atoms with E-state index in [1.165, 1.54) is 47.6 Å². The summed E-state index contributed by atoms with van der Waals surface area (Å²) in [7, 11) is -1.34. The van der Waals surface area contributed by atoms with Gasteiger partial charge >= 0.3 is 0 Å². The van der Waals surface area contributed by atoms with Crippen molar-refractivity contribution in [3.63, 3.8) is 0 Å². The molecule has 0 unspecified atom stereocenters. The van der Waals surface area contributed by atoms with Gasteiger partial charge in [-0.3, -0.25) is 0 Å². The topological polar surface area (TPSA) is 25.8 Å². The second-order valence-corrected chi connectivity index (χ2v) is 19.4. The van der Waals surface area contributed by atoms with Gasteiger partial charge in [0.1, 0.15) is 0 Å². The molecule has 2 nitrogen and oxygen atoms in total. The number of rotatable bonds is 6. The first kappa shape index (κ1) is 34.6. The quantitative estimate of drug-likeness (QED) is 0.123. The fourth-order valence-electron chi connectivity index (χ4n) is 5.90. The molecule has 0 saturated heterocycles. The number of hydrogen-bond acceptors (Lipinski definition) is 3. The maximum Gasteiger partial charge on any atom is 0.0798 e. The molecule has 1 radical (unpaired) electrons. The number of thiophene rings is 1. The monoisotopic (exact) mass is 825 g/mol. The Bertz CT molecular complexity index is 2100. The van der Waals surface area contributed by atoms with E-state index in [4.69, 9.17) is 0 Å². The zero-order valence-electron chi connectivity index (χ0n) is 27.9. The van der Waals surface area contributed by atoms with Gasteiger partial charge < -0.3 is 9.97 Å². The van der Waals surface area contributed by atoms with Crippen molar-refractivity contribution in [1.82, 2.24) is 9.97 Å². The van der Waals surface area contributed by atoms with Crippen molar-refractivity contribution in [1.29, 1.82) is 0 Å². The average Bonchev–Trinajstić information content (AvgIpc) is 3.43. The molecule has 4 aromatic carbocycles. The number of hydrogen-bond donors (Lipinski definition) is 0. The van der Waals surface area contributed by atoms with E-state index in [0.717, 1.165) is 28.9 Å². The normalized spacial score (nSPS) is 11.3. The number of nitrogens with zero attached hydrogens (tertiary/aromatic N) is 2. The Kier molecular flexibility index (Phi) is 11.0. The van der Waals surface area contributed by atoms with Crippen LogP contribution in [-0.2, 0) is 26.5 Å². The van der Waals surface area contributed by atoms with Gasteiger partial charge in [0.15, 0.2) is 0 Å². The van der Waals surface area contributed by atoms with E-state index < -0.39 is 8.07 Å². The number of pyridine rings is 2. The standard InChI is InChI=1S/C24H16NS.C18H24NSi.Ir/c1-16-12-13-25-22(14-16)20-9-5-8-19-21-15-18(17-6-3-2-4-7-17)10-11-23(21)26-24(19)20;1-14(2)11-16-12-17(15-9-7-6-8-10-15)19-13-18(16)20(3,4)5;/h2-8,10-15H,1H3;6-9,12-14H,11H2,1-5H3;/q2*-1;.